The first kappa shape index (κ1) is 12.8. The zero-order chi connectivity index (χ0) is 12.3. The van der Waals surface area contributed by atoms with Gasteiger partial charge in [0.2, 0.25) is 0 Å². The van der Waals surface area contributed by atoms with Crippen LogP contribution in [-0.4, -0.2) is 35.4 Å². The summed E-state index contributed by atoms with van der Waals surface area (Å²) in [7, 11) is 0. The van der Waals surface area contributed by atoms with Crippen molar-refractivity contribution in [2.45, 2.75) is 51.3 Å². The molecule has 0 saturated carbocycles. The first-order valence-corrected chi connectivity index (χ1v) is 5.36. The summed E-state index contributed by atoms with van der Waals surface area (Å²) in [6.07, 6.45) is 0.442. The number of nitrogens with zero attached hydrogens (tertiary/aromatic N) is 2. The van der Waals surface area contributed by atoms with Crippen LogP contribution in [0.4, 0.5) is 9.18 Å². The van der Waals surface area contributed by atoms with Gasteiger partial charge in [-0.3, -0.25) is 4.90 Å². The minimum atomic E-state index is -0.628. The highest BCUT2D eigenvalue weighted by molar-refractivity contribution is 5.70. The topological polar surface area (TPSA) is 53.3 Å². The minimum Gasteiger partial charge on any atom is -0.444 e. The van der Waals surface area contributed by atoms with E-state index in [1.165, 1.54) is 4.90 Å². The molecule has 0 N–H and O–H groups in total. The molecule has 0 aliphatic carbocycles. The lowest BCUT2D eigenvalue weighted by molar-refractivity contribution is 0.0165. The van der Waals surface area contributed by atoms with Crippen LogP contribution in [0.1, 0.15) is 33.6 Å². The van der Waals surface area contributed by atoms with E-state index in [0.29, 0.717) is 12.8 Å². The van der Waals surface area contributed by atoms with Crippen LogP contribution in [-0.2, 0) is 4.74 Å². The molecule has 0 bridgehead atoms. The van der Waals surface area contributed by atoms with E-state index in [9.17, 15) is 9.18 Å². The van der Waals surface area contributed by atoms with Gasteiger partial charge in [-0.1, -0.05) is 0 Å². The Morgan fingerprint density at radius 1 is 1.56 bits per heavy atom. The molecule has 0 radical (unpaired) electrons. The maximum absolute atomic E-state index is 12.7. The second-order valence-corrected chi connectivity index (χ2v) is 4.92. The van der Waals surface area contributed by atoms with E-state index in [0.717, 1.165) is 0 Å². The van der Waals surface area contributed by atoms with Crippen LogP contribution in [0.3, 0.4) is 0 Å². The van der Waals surface area contributed by atoms with E-state index >= 15 is 0 Å². The number of alkyl halides is 1. The summed E-state index contributed by atoms with van der Waals surface area (Å²) >= 11 is 0. The van der Waals surface area contributed by atoms with Crippen LogP contribution < -0.4 is 0 Å². The number of carbonyl (C=O) groups excluding carboxylic acids is 1. The van der Waals surface area contributed by atoms with Crippen LogP contribution in [0.15, 0.2) is 0 Å². The molecule has 1 aliphatic heterocycles. The lowest BCUT2D eigenvalue weighted by atomic mass is 10.2. The molecule has 0 aromatic rings. The molecule has 1 rings (SSSR count). The van der Waals surface area contributed by atoms with E-state index in [1.807, 2.05) is 6.07 Å². The van der Waals surface area contributed by atoms with E-state index in [1.54, 1.807) is 20.8 Å². The Morgan fingerprint density at radius 3 is 2.62 bits per heavy atom. The van der Waals surface area contributed by atoms with E-state index in [2.05, 4.69) is 0 Å². The van der Waals surface area contributed by atoms with Gasteiger partial charge in [-0.05, 0) is 33.6 Å². The summed E-state index contributed by atoms with van der Waals surface area (Å²) < 4.78 is 17.8. The van der Waals surface area contributed by atoms with Crippen molar-refractivity contribution in [3.05, 3.63) is 0 Å². The van der Waals surface area contributed by atoms with Crippen LogP contribution in [0.2, 0.25) is 0 Å². The van der Waals surface area contributed by atoms with Crippen molar-refractivity contribution >= 4 is 6.09 Å². The number of ether oxygens (including phenoxy) is 1. The lowest BCUT2D eigenvalue weighted by Crippen LogP contribution is -2.44. The zero-order valence-electron chi connectivity index (χ0n) is 9.86. The van der Waals surface area contributed by atoms with Crippen molar-refractivity contribution in [3.8, 4) is 6.07 Å². The SMILES string of the molecule is CC(C)(C)OC(=O)N1[C@@H](CF)CC[C@H]1C#N. The number of hydrogen-bond donors (Lipinski definition) is 0. The summed E-state index contributed by atoms with van der Waals surface area (Å²) in [6.45, 7) is 4.60. The van der Waals surface area contributed by atoms with Gasteiger partial charge in [0.1, 0.15) is 18.3 Å². The average Bonchev–Trinajstić information content (AvgIpc) is 2.57. The summed E-state index contributed by atoms with van der Waals surface area (Å²) in [5.74, 6) is 0. The second kappa shape index (κ2) is 4.69. The van der Waals surface area contributed by atoms with Gasteiger partial charge in [0, 0.05) is 0 Å². The Balaban J connectivity index is 2.75. The predicted molar refractivity (Wildman–Crippen MR) is 56.5 cm³/mol. The molecule has 4 nitrogen and oxygen atoms in total. The summed E-state index contributed by atoms with van der Waals surface area (Å²) in [6, 6.07) is 0.929. The van der Waals surface area contributed by atoms with Gasteiger partial charge >= 0.3 is 6.09 Å². The van der Waals surface area contributed by atoms with Crippen molar-refractivity contribution < 1.29 is 13.9 Å². The van der Waals surface area contributed by atoms with Crippen LogP contribution in [0.25, 0.3) is 0 Å². The van der Waals surface area contributed by atoms with Gasteiger partial charge in [0.25, 0.3) is 0 Å². The molecule has 1 saturated heterocycles. The number of carbonyl (C=O) groups is 1. The molecule has 0 aromatic carbocycles. The van der Waals surface area contributed by atoms with Gasteiger partial charge in [-0.25, -0.2) is 9.18 Å². The fourth-order valence-corrected chi connectivity index (χ4v) is 1.75. The normalized spacial score (nSPS) is 25.3. The second-order valence-electron chi connectivity index (χ2n) is 4.92. The maximum atomic E-state index is 12.7. The smallest absolute Gasteiger partial charge is 0.411 e. The Kier molecular flexibility index (Phi) is 3.74. The Labute approximate surface area is 95.0 Å². The number of nitriles is 1. The molecule has 0 unspecified atom stereocenters. The molecule has 1 fully saturated rings. The zero-order valence-corrected chi connectivity index (χ0v) is 9.86. The molecule has 0 aromatic heterocycles. The van der Waals surface area contributed by atoms with Gasteiger partial charge in [0.05, 0.1) is 12.1 Å². The molecule has 1 aliphatic rings. The molecule has 1 heterocycles. The van der Waals surface area contributed by atoms with E-state index in [-0.39, 0.29) is 0 Å². The maximum Gasteiger partial charge on any atom is 0.411 e. The largest absolute Gasteiger partial charge is 0.444 e. The molecule has 2 atom stereocenters. The molecule has 0 spiro atoms. The van der Waals surface area contributed by atoms with Gasteiger partial charge in [-0.2, -0.15) is 5.26 Å². The van der Waals surface area contributed by atoms with Crippen molar-refractivity contribution in [1.29, 1.82) is 5.26 Å². The summed E-state index contributed by atoms with van der Waals surface area (Å²) in [5.41, 5.74) is -0.624. The first-order chi connectivity index (χ1) is 7.39. The standard InChI is InChI=1S/C11H17FN2O2/c1-11(2,3)16-10(15)14-8(6-12)4-5-9(14)7-13/h8-9H,4-6H2,1-3H3/t8-,9+/m1/s1. The molecule has 16 heavy (non-hydrogen) atoms. The fourth-order valence-electron chi connectivity index (χ4n) is 1.75. The highest BCUT2D eigenvalue weighted by atomic mass is 19.1. The third kappa shape index (κ3) is 2.84. The first-order valence-electron chi connectivity index (χ1n) is 5.36. The van der Waals surface area contributed by atoms with Crippen LogP contribution >= 0.6 is 0 Å². The van der Waals surface area contributed by atoms with Crippen molar-refractivity contribution in [3.63, 3.8) is 0 Å². The van der Waals surface area contributed by atoms with Gasteiger partial charge in [0.15, 0.2) is 0 Å². The van der Waals surface area contributed by atoms with Crippen molar-refractivity contribution in [2.75, 3.05) is 6.67 Å². The van der Waals surface area contributed by atoms with Crippen LogP contribution in [0, 0.1) is 11.3 Å². The third-order valence-electron chi connectivity index (χ3n) is 2.43. The lowest BCUT2D eigenvalue weighted by Gasteiger charge is -2.29. The number of hydrogen-bond acceptors (Lipinski definition) is 3. The van der Waals surface area contributed by atoms with Crippen molar-refractivity contribution in [1.82, 2.24) is 4.90 Å². The molecular weight excluding hydrogens is 211 g/mol. The molecule has 5 heteroatoms. The fraction of sp³-hybridized carbons (Fsp3) is 0.818. The number of amides is 1. The predicted octanol–water partition coefficient (Wildman–Crippen LogP) is 2.25. The third-order valence-corrected chi connectivity index (χ3v) is 2.43. The molecule has 1 amide bonds. The van der Waals surface area contributed by atoms with Gasteiger partial charge < -0.3 is 4.74 Å². The number of rotatable bonds is 1. The Morgan fingerprint density at radius 2 is 2.19 bits per heavy atom. The Bertz CT molecular complexity index is 306. The summed E-state index contributed by atoms with van der Waals surface area (Å²) in [4.78, 5) is 13.0. The number of halogens is 1. The highest BCUT2D eigenvalue weighted by Crippen LogP contribution is 2.26. The van der Waals surface area contributed by atoms with E-state index < -0.39 is 30.5 Å². The van der Waals surface area contributed by atoms with Crippen molar-refractivity contribution in [2.24, 2.45) is 0 Å². The highest BCUT2D eigenvalue weighted by Gasteiger charge is 2.39. The van der Waals surface area contributed by atoms with E-state index in [4.69, 9.17) is 10.00 Å². The molecular formula is C11H17FN2O2. The summed E-state index contributed by atoms with van der Waals surface area (Å²) in [5, 5.41) is 8.88. The monoisotopic (exact) mass is 228 g/mol. The molecule has 90 valence electrons. The quantitative estimate of drug-likeness (QED) is 0.691. The van der Waals surface area contributed by atoms with Gasteiger partial charge in [-0.15, -0.1) is 0 Å². The van der Waals surface area contributed by atoms with Crippen LogP contribution in [0.5, 0.6) is 0 Å². The minimum absolute atomic E-state index is 0.514. The Hall–Kier alpha value is -1.31. The average molecular weight is 228 g/mol. The number of likely N-dealkylation sites (tertiary alicyclic amines) is 1.